The molecule has 4 nitrogen and oxygen atoms in total. The maximum atomic E-state index is 12.7. The minimum absolute atomic E-state index is 0.0811. The molecule has 0 heterocycles. The molecule has 0 aliphatic rings. The van der Waals surface area contributed by atoms with Crippen LogP contribution in [0.15, 0.2) is 12.2 Å². The van der Waals surface area contributed by atoms with E-state index in [1.807, 2.05) is 0 Å². The Bertz CT molecular complexity index is 367. The van der Waals surface area contributed by atoms with E-state index in [-0.39, 0.29) is 19.3 Å². The summed E-state index contributed by atoms with van der Waals surface area (Å²) in [6, 6.07) is 0. The molecule has 0 aliphatic carbocycles. The van der Waals surface area contributed by atoms with Gasteiger partial charge in [0.2, 0.25) is 12.0 Å². The molecule has 0 spiro atoms. The fourth-order valence-corrected chi connectivity index (χ4v) is 2.02. The molecule has 0 saturated carbocycles. The molecule has 2 unspecified atom stereocenters. The monoisotopic (exact) mass is 343 g/mol. The van der Waals surface area contributed by atoms with Crippen molar-refractivity contribution >= 4 is 5.97 Å². The van der Waals surface area contributed by atoms with Crippen LogP contribution in [-0.2, 0) is 4.79 Å². The third-order valence-electron chi connectivity index (χ3n) is 3.60. The van der Waals surface area contributed by atoms with Gasteiger partial charge in [0.15, 0.2) is 0 Å². The number of carboxylic acids is 1. The standard InChI is InChI=1S/C15H25F4NO3/c16-12(17)10-8-6-4-2-1-3-5-7-9-11(21)15(20,13(18)19)14(22)23/h3,5,11-13,21H,1-2,4,6-10,20H2,(H,22,23). The van der Waals surface area contributed by atoms with Crippen molar-refractivity contribution in [1.29, 1.82) is 0 Å². The van der Waals surface area contributed by atoms with Gasteiger partial charge in [-0.05, 0) is 32.1 Å². The molecule has 0 aromatic rings. The van der Waals surface area contributed by atoms with E-state index in [4.69, 9.17) is 10.8 Å². The van der Waals surface area contributed by atoms with Gasteiger partial charge in [0.25, 0.3) is 6.43 Å². The predicted octanol–water partition coefficient (Wildman–Crippen LogP) is 3.34. The normalized spacial score (nSPS) is 16.2. The molecule has 0 saturated heterocycles. The quantitative estimate of drug-likeness (QED) is 0.272. The number of aliphatic hydroxyl groups is 1. The Morgan fingerprint density at radius 1 is 1.00 bits per heavy atom. The lowest BCUT2D eigenvalue weighted by Crippen LogP contribution is -2.62. The largest absolute Gasteiger partial charge is 0.480 e. The van der Waals surface area contributed by atoms with Crippen LogP contribution in [0.25, 0.3) is 0 Å². The van der Waals surface area contributed by atoms with E-state index in [1.165, 1.54) is 0 Å². The van der Waals surface area contributed by atoms with Crippen LogP contribution in [0.2, 0.25) is 0 Å². The third-order valence-corrected chi connectivity index (χ3v) is 3.60. The van der Waals surface area contributed by atoms with Crippen LogP contribution in [-0.4, -0.2) is 40.7 Å². The fraction of sp³-hybridized carbons (Fsp3) is 0.800. The lowest BCUT2D eigenvalue weighted by molar-refractivity contribution is -0.157. The van der Waals surface area contributed by atoms with Crippen molar-refractivity contribution in [3.05, 3.63) is 12.2 Å². The molecule has 0 radical (unpaired) electrons. The molecule has 0 fully saturated rings. The van der Waals surface area contributed by atoms with Crippen molar-refractivity contribution in [2.75, 3.05) is 0 Å². The molecular formula is C15H25F4NO3. The topological polar surface area (TPSA) is 83.6 Å². The van der Waals surface area contributed by atoms with Gasteiger partial charge in [-0.2, -0.15) is 0 Å². The van der Waals surface area contributed by atoms with Crippen molar-refractivity contribution < 1.29 is 32.6 Å². The number of halogens is 4. The van der Waals surface area contributed by atoms with E-state index < -0.39 is 30.5 Å². The summed E-state index contributed by atoms with van der Waals surface area (Å²) < 4.78 is 49.1. The van der Waals surface area contributed by atoms with Crippen molar-refractivity contribution in [3.63, 3.8) is 0 Å². The van der Waals surface area contributed by atoms with E-state index >= 15 is 0 Å². The molecule has 0 aromatic heterocycles. The van der Waals surface area contributed by atoms with Gasteiger partial charge in [-0.25, -0.2) is 22.4 Å². The minimum atomic E-state index is -3.37. The van der Waals surface area contributed by atoms with E-state index in [0.29, 0.717) is 12.8 Å². The molecule has 4 N–H and O–H groups in total. The van der Waals surface area contributed by atoms with Crippen LogP contribution in [0.4, 0.5) is 17.6 Å². The smallest absolute Gasteiger partial charge is 0.332 e. The maximum absolute atomic E-state index is 12.7. The molecule has 0 amide bonds. The van der Waals surface area contributed by atoms with Crippen LogP contribution < -0.4 is 5.73 Å². The van der Waals surface area contributed by atoms with Gasteiger partial charge < -0.3 is 15.9 Å². The van der Waals surface area contributed by atoms with Crippen molar-refractivity contribution in [2.45, 2.75) is 75.9 Å². The minimum Gasteiger partial charge on any atom is -0.480 e. The molecular weight excluding hydrogens is 318 g/mol. The van der Waals surface area contributed by atoms with Crippen LogP contribution in [0.1, 0.15) is 51.4 Å². The Hall–Kier alpha value is -1.15. The Balaban J connectivity index is 3.87. The summed E-state index contributed by atoms with van der Waals surface area (Å²) in [6.45, 7) is 0. The second kappa shape index (κ2) is 11.4. The van der Waals surface area contributed by atoms with Gasteiger partial charge in [-0.3, -0.25) is 0 Å². The number of aliphatic hydroxyl groups excluding tert-OH is 1. The Morgan fingerprint density at radius 3 is 2.09 bits per heavy atom. The Labute approximate surface area is 133 Å². The number of nitrogens with two attached hydrogens (primary N) is 1. The molecule has 0 aliphatic heterocycles. The molecule has 0 aromatic carbocycles. The molecule has 8 heteroatoms. The Kier molecular flexibility index (Phi) is 10.8. The zero-order valence-corrected chi connectivity index (χ0v) is 12.9. The number of allylic oxidation sites excluding steroid dienone is 2. The van der Waals surface area contributed by atoms with Gasteiger partial charge in [0.1, 0.15) is 0 Å². The van der Waals surface area contributed by atoms with Gasteiger partial charge in [-0.1, -0.05) is 25.0 Å². The molecule has 23 heavy (non-hydrogen) atoms. The first-order valence-corrected chi connectivity index (χ1v) is 7.64. The van der Waals surface area contributed by atoms with Gasteiger partial charge in [-0.15, -0.1) is 0 Å². The zero-order valence-electron chi connectivity index (χ0n) is 12.9. The second-order valence-electron chi connectivity index (χ2n) is 5.49. The summed E-state index contributed by atoms with van der Waals surface area (Å²) in [5, 5.41) is 18.3. The number of carboxylic acid groups (broad SMARTS) is 1. The molecule has 136 valence electrons. The van der Waals surface area contributed by atoms with Crippen LogP contribution in [0.3, 0.4) is 0 Å². The number of alkyl halides is 4. The second-order valence-corrected chi connectivity index (χ2v) is 5.49. The van der Waals surface area contributed by atoms with Crippen LogP contribution >= 0.6 is 0 Å². The molecule has 2 atom stereocenters. The zero-order chi connectivity index (χ0) is 17.9. The average molecular weight is 343 g/mol. The van der Waals surface area contributed by atoms with E-state index in [2.05, 4.69) is 0 Å². The van der Waals surface area contributed by atoms with E-state index in [9.17, 15) is 27.5 Å². The number of unbranched alkanes of at least 4 members (excludes halogenated alkanes) is 4. The van der Waals surface area contributed by atoms with Gasteiger partial charge >= 0.3 is 5.97 Å². The average Bonchev–Trinajstić information content (AvgIpc) is 2.47. The van der Waals surface area contributed by atoms with Crippen LogP contribution in [0.5, 0.6) is 0 Å². The molecule has 0 rings (SSSR count). The highest BCUT2D eigenvalue weighted by atomic mass is 19.3. The summed E-state index contributed by atoms with van der Waals surface area (Å²) in [5.41, 5.74) is 2.12. The van der Waals surface area contributed by atoms with E-state index in [0.717, 1.165) is 19.3 Å². The number of aliphatic carboxylic acids is 1. The number of rotatable bonds is 13. The highest BCUT2D eigenvalue weighted by Crippen LogP contribution is 2.21. The number of carbonyl (C=O) groups is 1. The summed E-state index contributed by atoms with van der Waals surface area (Å²) >= 11 is 0. The van der Waals surface area contributed by atoms with E-state index in [1.54, 1.807) is 12.2 Å². The highest BCUT2D eigenvalue weighted by Gasteiger charge is 2.49. The first kappa shape index (κ1) is 21.9. The van der Waals surface area contributed by atoms with Gasteiger partial charge in [0, 0.05) is 6.42 Å². The predicted molar refractivity (Wildman–Crippen MR) is 78.6 cm³/mol. The fourth-order valence-electron chi connectivity index (χ4n) is 2.02. The lowest BCUT2D eigenvalue weighted by atomic mass is 9.91. The summed E-state index contributed by atoms with van der Waals surface area (Å²) in [6.07, 6.45) is -0.448. The maximum Gasteiger partial charge on any atom is 0.332 e. The van der Waals surface area contributed by atoms with Gasteiger partial charge in [0.05, 0.1) is 6.10 Å². The van der Waals surface area contributed by atoms with Crippen molar-refractivity contribution in [3.8, 4) is 0 Å². The van der Waals surface area contributed by atoms with Crippen molar-refractivity contribution in [1.82, 2.24) is 0 Å². The van der Waals surface area contributed by atoms with Crippen molar-refractivity contribution in [2.24, 2.45) is 5.73 Å². The Morgan fingerprint density at radius 2 is 1.57 bits per heavy atom. The third kappa shape index (κ3) is 8.31. The van der Waals surface area contributed by atoms with Crippen LogP contribution in [0, 0.1) is 0 Å². The lowest BCUT2D eigenvalue weighted by Gasteiger charge is -2.28. The first-order valence-electron chi connectivity index (χ1n) is 7.64. The number of hydrogen-bond donors (Lipinski definition) is 3. The number of hydrogen-bond acceptors (Lipinski definition) is 3. The summed E-state index contributed by atoms with van der Waals surface area (Å²) in [5.74, 6) is -1.94. The highest BCUT2D eigenvalue weighted by molar-refractivity contribution is 5.80. The molecule has 0 bridgehead atoms. The summed E-state index contributed by atoms with van der Waals surface area (Å²) in [4.78, 5) is 10.8. The summed E-state index contributed by atoms with van der Waals surface area (Å²) in [7, 11) is 0. The first-order chi connectivity index (χ1) is 10.7. The SMILES string of the molecule is NC(C(=O)O)(C(F)F)C(O)CCC=CCCCCCCC(F)F.